The van der Waals surface area contributed by atoms with Gasteiger partial charge in [-0.15, -0.1) is 0 Å². The molecular weight excluding hydrogens is 334 g/mol. The predicted octanol–water partition coefficient (Wildman–Crippen LogP) is 1.63. The quantitative estimate of drug-likeness (QED) is 0.650. The normalized spacial score (nSPS) is 15.5. The lowest BCUT2D eigenvalue weighted by atomic mass is 10.2. The van der Waals surface area contributed by atoms with Crippen molar-refractivity contribution in [3.8, 4) is 11.5 Å². The summed E-state index contributed by atoms with van der Waals surface area (Å²) in [5.74, 6) is -0.363. The molecule has 24 heavy (non-hydrogen) atoms. The van der Waals surface area contributed by atoms with Gasteiger partial charge in [0.05, 0.1) is 12.2 Å². The van der Waals surface area contributed by atoms with Crippen molar-refractivity contribution in [3.63, 3.8) is 0 Å². The van der Waals surface area contributed by atoms with Crippen LogP contribution >= 0.6 is 11.6 Å². The minimum absolute atomic E-state index is 0.110. The van der Waals surface area contributed by atoms with Gasteiger partial charge in [0, 0.05) is 6.20 Å². The highest BCUT2D eigenvalue weighted by Crippen LogP contribution is 2.30. The Labute approximate surface area is 142 Å². The van der Waals surface area contributed by atoms with Crippen molar-refractivity contribution in [3.05, 3.63) is 47.7 Å². The molecule has 1 aromatic heterocycles. The zero-order chi connectivity index (χ0) is 16.9. The van der Waals surface area contributed by atoms with Crippen LogP contribution in [0.1, 0.15) is 0 Å². The van der Waals surface area contributed by atoms with Crippen LogP contribution in [0.2, 0.25) is 5.15 Å². The van der Waals surface area contributed by atoms with Crippen LogP contribution in [0.25, 0.3) is 0 Å². The third-order valence-corrected chi connectivity index (χ3v) is 3.57. The second kappa shape index (κ2) is 7.18. The lowest BCUT2D eigenvalue weighted by molar-refractivity contribution is -0.136. The van der Waals surface area contributed by atoms with Crippen molar-refractivity contribution >= 4 is 29.1 Å². The molecule has 0 fully saturated rings. The van der Waals surface area contributed by atoms with Gasteiger partial charge in [-0.05, 0) is 24.3 Å². The van der Waals surface area contributed by atoms with Crippen molar-refractivity contribution < 1.29 is 19.1 Å². The first-order valence-corrected chi connectivity index (χ1v) is 7.59. The fourth-order valence-corrected chi connectivity index (χ4v) is 2.28. The molecule has 0 saturated heterocycles. The van der Waals surface area contributed by atoms with Gasteiger partial charge in [0.15, 0.2) is 16.7 Å². The third-order valence-electron chi connectivity index (χ3n) is 3.27. The monoisotopic (exact) mass is 347 g/mol. The van der Waals surface area contributed by atoms with Crippen molar-refractivity contribution in [2.75, 3.05) is 18.5 Å². The number of carbonyl (C=O) groups is 2. The van der Waals surface area contributed by atoms with Crippen LogP contribution in [-0.4, -0.2) is 36.1 Å². The average molecular weight is 348 g/mol. The maximum atomic E-state index is 11.9. The zero-order valence-corrected chi connectivity index (χ0v) is 13.2. The Hall–Kier alpha value is -2.80. The number of ether oxygens (including phenoxy) is 2. The van der Waals surface area contributed by atoms with Crippen LogP contribution in [0.15, 0.2) is 42.6 Å². The van der Waals surface area contributed by atoms with E-state index in [1.807, 2.05) is 12.1 Å². The summed E-state index contributed by atoms with van der Waals surface area (Å²) >= 11 is 5.83. The van der Waals surface area contributed by atoms with Gasteiger partial charge in [-0.2, -0.15) is 0 Å². The highest BCUT2D eigenvalue weighted by atomic mass is 35.5. The van der Waals surface area contributed by atoms with Crippen LogP contribution in [0.3, 0.4) is 0 Å². The van der Waals surface area contributed by atoms with Gasteiger partial charge in [0.2, 0.25) is 0 Å². The Balaban J connectivity index is 1.51. The van der Waals surface area contributed by atoms with Crippen LogP contribution in [0.4, 0.5) is 5.69 Å². The van der Waals surface area contributed by atoms with E-state index in [2.05, 4.69) is 15.6 Å². The summed E-state index contributed by atoms with van der Waals surface area (Å²) in [6, 6.07) is 10.4. The number of fused-ring (bicyclic) bond motifs is 1. The molecule has 2 heterocycles. The van der Waals surface area contributed by atoms with E-state index in [4.69, 9.17) is 21.1 Å². The molecule has 1 aromatic carbocycles. The maximum Gasteiger partial charge on any atom is 0.313 e. The summed E-state index contributed by atoms with van der Waals surface area (Å²) in [4.78, 5) is 27.5. The number of hydrogen-bond acceptors (Lipinski definition) is 5. The summed E-state index contributed by atoms with van der Waals surface area (Å²) in [6.45, 7) is 0.425. The number of para-hydroxylation sites is 2. The highest BCUT2D eigenvalue weighted by molar-refractivity contribution is 6.41. The van der Waals surface area contributed by atoms with Crippen LogP contribution < -0.4 is 20.1 Å². The van der Waals surface area contributed by atoms with Gasteiger partial charge < -0.3 is 20.1 Å². The number of hydrogen-bond donors (Lipinski definition) is 2. The van der Waals surface area contributed by atoms with Gasteiger partial charge in [0.1, 0.15) is 12.7 Å². The molecule has 0 spiro atoms. The topological polar surface area (TPSA) is 89.5 Å². The number of anilines is 1. The Morgan fingerprint density at radius 1 is 1.17 bits per heavy atom. The van der Waals surface area contributed by atoms with Crippen molar-refractivity contribution in [1.29, 1.82) is 0 Å². The van der Waals surface area contributed by atoms with E-state index in [9.17, 15) is 9.59 Å². The maximum absolute atomic E-state index is 11.9. The Bertz CT molecular complexity index is 768. The number of halogens is 1. The van der Waals surface area contributed by atoms with Gasteiger partial charge in [-0.3, -0.25) is 9.59 Å². The molecule has 8 heteroatoms. The number of nitrogens with zero attached hydrogens (tertiary/aromatic N) is 1. The van der Waals surface area contributed by atoms with E-state index in [-0.39, 0.29) is 30.1 Å². The van der Waals surface area contributed by atoms with Gasteiger partial charge in [-0.1, -0.05) is 23.7 Å². The number of aromatic nitrogens is 1. The summed E-state index contributed by atoms with van der Waals surface area (Å²) < 4.78 is 11.2. The van der Waals surface area contributed by atoms with E-state index >= 15 is 0 Å². The standard InChI is InChI=1S/C16H14ClN3O4/c17-14-11(4-3-7-18-14)20-16(22)15(21)19-8-10-9-23-12-5-1-2-6-13(12)24-10/h1-7,10H,8-9H2,(H,19,21)(H,20,22). The fraction of sp³-hybridized carbons (Fsp3) is 0.188. The fourth-order valence-electron chi connectivity index (χ4n) is 2.11. The minimum Gasteiger partial charge on any atom is -0.486 e. The molecule has 1 unspecified atom stereocenters. The van der Waals surface area contributed by atoms with Crippen molar-refractivity contribution in [2.24, 2.45) is 0 Å². The SMILES string of the molecule is O=C(NCC1COc2ccccc2O1)C(=O)Nc1cccnc1Cl. The molecule has 1 aliphatic heterocycles. The second-order valence-corrected chi connectivity index (χ2v) is 5.36. The Morgan fingerprint density at radius 2 is 1.96 bits per heavy atom. The first-order valence-electron chi connectivity index (χ1n) is 7.21. The van der Waals surface area contributed by atoms with Crippen molar-refractivity contribution in [1.82, 2.24) is 10.3 Å². The zero-order valence-electron chi connectivity index (χ0n) is 12.5. The number of amides is 2. The predicted molar refractivity (Wildman–Crippen MR) is 87.2 cm³/mol. The molecule has 0 bridgehead atoms. The van der Waals surface area contributed by atoms with E-state index in [1.165, 1.54) is 6.20 Å². The third kappa shape index (κ3) is 3.75. The summed E-state index contributed by atoms with van der Waals surface area (Å²) in [6.07, 6.45) is 1.11. The lowest BCUT2D eigenvalue weighted by Crippen LogP contribution is -2.44. The number of pyridine rings is 1. The minimum atomic E-state index is -0.831. The number of rotatable bonds is 3. The largest absolute Gasteiger partial charge is 0.486 e. The van der Waals surface area contributed by atoms with Gasteiger partial charge >= 0.3 is 11.8 Å². The molecule has 1 atom stereocenters. The molecule has 0 radical (unpaired) electrons. The molecular formula is C16H14ClN3O4. The number of carbonyl (C=O) groups excluding carboxylic acids is 2. The highest BCUT2D eigenvalue weighted by Gasteiger charge is 2.23. The van der Waals surface area contributed by atoms with Gasteiger partial charge in [0.25, 0.3) is 0 Å². The summed E-state index contributed by atoms with van der Waals surface area (Å²) in [7, 11) is 0. The molecule has 2 aromatic rings. The molecule has 7 nitrogen and oxygen atoms in total. The van der Waals surface area contributed by atoms with E-state index in [0.717, 1.165) is 0 Å². The van der Waals surface area contributed by atoms with Crippen LogP contribution in [-0.2, 0) is 9.59 Å². The first-order chi connectivity index (χ1) is 11.6. The average Bonchev–Trinajstić information content (AvgIpc) is 2.61. The van der Waals surface area contributed by atoms with Crippen LogP contribution in [0, 0.1) is 0 Å². The molecule has 2 amide bonds. The Kier molecular flexibility index (Phi) is 4.81. The molecule has 0 aliphatic carbocycles. The van der Waals surface area contributed by atoms with Gasteiger partial charge in [-0.25, -0.2) is 4.98 Å². The molecule has 3 rings (SSSR count). The van der Waals surface area contributed by atoms with E-state index in [0.29, 0.717) is 11.5 Å². The molecule has 0 saturated carbocycles. The molecule has 2 N–H and O–H groups in total. The second-order valence-electron chi connectivity index (χ2n) is 5.00. The van der Waals surface area contributed by atoms with Crippen LogP contribution in [0.5, 0.6) is 11.5 Å². The molecule has 124 valence electrons. The first kappa shape index (κ1) is 16.1. The van der Waals surface area contributed by atoms with E-state index < -0.39 is 11.8 Å². The number of nitrogens with one attached hydrogen (secondary N) is 2. The Morgan fingerprint density at radius 3 is 2.75 bits per heavy atom. The lowest BCUT2D eigenvalue weighted by Gasteiger charge is -2.26. The van der Waals surface area contributed by atoms with Crippen molar-refractivity contribution in [2.45, 2.75) is 6.10 Å². The smallest absolute Gasteiger partial charge is 0.313 e. The van der Waals surface area contributed by atoms with E-state index in [1.54, 1.807) is 24.3 Å². The summed E-state index contributed by atoms with van der Waals surface area (Å²) in [5.41, 5.74) is 0.269. The number of benzene rings is 1. The molecule has 1 aliphatic rings. The summed E-state index contributed by atoms with van der Waals surface area (Å²) in [5, 5.41) is 5.01.